The first-order valence-corrected chi connectivity index (χ1v) is 8.16. The molecule has 27 heavy (non-hydrogen) atoms. The third-order valence-electron chi connectivity index (χ3n) is 4.26. The van der Waals surface area contributed by atoms with E-state index in [-0.39, 0.29) is 12.3 Å². The SMILES string of the molecule is CC1CC(=O)Nc2ccccc2N1C(=O)Cn1cccc(C(F)(F)F)c1=O. The molecule has 0 bridgehead atoms. The van der Waals surface area contributed by atoms with Crippen LogP contribution in [0.4, 0.5) is 24.5 Å². The average molecular weight is 379 g/mol. The quantitative estimate of drug-likeness (QED) is 0.872. The maximum atomic E-state index is 12.9. The van der Waals surface area contributed by atoms with Crippen LogP contribution >= 0.6 is 0 Å². The van der Waals surface area contributed by atoms with Crippen molar-refractivity contribution in [1.82, 2.24) is 4.57 Å². The van der Waals surface area contributed by atoms with Crippen LogP contribution in [0.2, 0.25) is 0 Å². The van der Waals surface area contributed by atoms with Crippen LogP contribution < -0.4 is 15.8 Å². The summed E-state index contributed by atoms with van der Waals surface area (Å²) in [7, 11) is 0. The standard InChI is InChI=1S/C18H16F3N3O3/c1-11-9-15(25)22-13-6-2-3-7-14(13)24(11)16(26)10-23-8-4-5-12(17(23)27)18(19,20)21/h2-8,11H,9-10H2,1H3,(H,22,25). The predicted molar refractivity (Wildman–Crippen MR) is 92.3 cm³/mol. The summed E-state index contributed by atoms with van der Waals surface area (Å²) in [4.78, 5) is 38.2. The minimum absolute atomic E-state index is 0.0257. The zero-order valence-corrected chi connectivity index (χ0v) is 14.3. The van der Waals surface area contributed by atoms with Crippen molar-refractivity contribution in [2.45, 2.75) is 32.1 Å². The van der Waals surface area contributed by atoms with E-state index in [9.17, 15) is 27.6 Å². The minimum Gasteiger partial charge on any atom is -0.324 e. The lowest BCUT2D eigenvalue weighted by Gasteiger charge is -2.28. The van der Waals surface area contributed by atoms with Gasteiger partial charge in [-0.2, -0.15) is 13.2 Å². The van der Waals surface area contributed by atoms with Crippen LogP contribution in [0, 0.1) is 0 Å². The fraction of sp³-hybridized carbons (Fsp3) is 0.278. The van der Waals surface area contributed by atoms with Crippen LogP contribution in [0.3, 0.4) is 0 Å². The Morgan fingerprint density at radius 1 is 1.19 bits per heavy atom. The van der Waals surface area contributed by atoms with Crippen molar-refractivity contribution in [3.8, 4) is 0 Å². The normalized spacial score (nSPS) is 17.1. The Morgan fingerprint density at radius 3 is 2.59 bits per heavy atom. The van der Waals surface area contributed by atoms with E-state index < -0.39 is 35.8 Å². The van der Waals surface area contributed by atoms with Gasteiger partial charge < -0.3 is 14.8 Å². The zero-order valence-electron chi connectivity index (χ0n) is 14.3. The first-order valence-electron chi connectivity index (χ1n) is 8.16. The molecule has 1 N–H and O–H groups in total. The molecule has 2 amide bonds. The van der Waals surface area contributed by atoms with Crippen molar-refractivity contribution < 1.29 is 22.8 Å². The number of nitrogens with one attached hydrogen (secondary N) is 1. The van der Waals surface area contributed by atoms with E-state index in [0.717, 1.165) is 16.8 Å². The van der Waals surface area contributed by atoms with Gasteiger partial charge in [0.25, 0.3) is 5.56 Å². The number of alkyl halides is 3. The summed E-state index contributed by atoms with van der Waals surface area (Å²) in [6.07, 6.45) is -3.65. The molecule has 0 saturated carbocycles. The van der Waals surface area contributed by atoms with E-state index in [1.54, 1.807) is 31.2 Å². The van der Waals surface area contributed by atoms with Crippen molar-refractivity contribution in [3.63, 3.8) is 0 Å². The van der Waals surface area contributed by atoms with E-state index in [1.165, 1.54) is 4.90 Å². The van der Waals surface area contributed by atoms with Gasteiger partial charge in [0, 0.05) is 18.7 Å². The Morgan fingerprint density at radius 2 is 1.89 bits per heavy atom. The van der Waals surface area contributed by atoms with Crippen LogP contribution in [-0.2, 0) is 22.3 Å². The molecule has 2 aromatic rings. The van der Waals surface area contributed by atoms with Crippen molar-refractivity contribution in [2.24, 2.45) is 0 Å². The maximum Gasteiger partial charge on any atom is 0.421 e. The number of carbonyl (C=O) groups excluding carboxylic acids is 2. The smallest absolute Gasteiger partial charge is 0.324 e. The molecular formula is C18H16F3N3O3. The highest BCUT2D eigenvalue weighted by molar-refractivity contribution is 6.04. The Bertz CT molecular complexity index is 953. The van der Waals surface area contributed by atoms with Gasteiger partial charge in [-0.25, -0.2) is 0 Å². The third-order valence-corrected chi connectivity index (χ3v) is 4.26. The molecule has 0 spiro atoms. The largest absolute Gasteiger partial charge is 0.421 e. The number of nitrogens with zero attached hydrogens (tertiary/aromatic N) is 2. The van der Waals surface area contributed by atoms with Crippen LogP contribution in [0.15, 0.2) is 47.4 Å². The predicted octanol–water partition coefficient (Wildman–Crippen LogP) is 2.63. The third kappa shape index (κ3) is 3.71. The second-order valence-electron chi connectivity index (χ2n) is 6.23. The highest BCUT2D eigenvalue weighted by Crippen LogP contribution is 2.31. The summed E-state index contributed by atoms with van der Waals surface area (Å²) in [6.45, 7) is 1.09. The molecule has 142 valence electrons. The van der Waals surface area contributed by atoms with Crippen LogP contribution in [0.1, 0.15) is 18.9 Å². The highest BCUT2D eigenvalue weighted by atomic mass is 19.4. The topological polar surface area (TPSA) is 71.4 Å². The summed E-state index contributed by atoms with van der Waals surface area (Å²) in [5.74, 6) is -0.866. The molecule has 1 aromatic heterocycles. The molecular weight excluding hydrogens is 363 g/mol. The van der Waals surface area contributed by atoms with E-state index >= 15 is 0 Å². The van der Waals surface area contributed by atoms with Crippen LogP contribution in [0.25, 0.3) is 0 Å². The molecule has 0 fully saturated rings. The Kier molecular flexibility index (Phi) is 4.77. The lowest BCUT2D eigenvalue weighted by molar-refractivity contribution is -0.139. The molecule has 1 aliphatic heterocycles. The van der Waals surface area contributed by atoms with Gasteiger partial charge >= 0.3 is 6.18 Å². The molecule has 0 saturated heterocycles. The Labute approximate surface area is 152 Å². The van der Waals surface area contributed by atoms with E-state index in [4.69, 9.17) is 0 Å². The number of aromatic nitrogens is 1. The van der Waals surface area contributed by atoms with Gasteiger partial charge in [-0.05, 0) is 31.2 Å². The number of hydrogen-bond acceptors (Lipinski definition) is 3. The second-order valence-corrected chi connectivity index (χ2v) is 6.23. The summed E-state index contributed by atoms with van der Waals surface area (Å²) in [5, 5.41) is 2.69. The van der Waals surface area contributed by atoms with Gasteiger partial charge in [-0.15, -0.1) is 0 Å². The van der Waals surface area contributed by atoms with Crippen molar-refractivity contribution >= 4 is 23.2 Å². The molecule has 2 heterocycles. The molecule has 1 aromatic carbocycles. The Hall–Kier alpha value is -3.10. The van der Waals surface area contributed by atoms with Crippen LogP contribution in [-0.4, -0.2) is 22.4 Å². The van der Waals surface area contributed by atoms with Gasteiger partial charge in [0.1, 0.15) is 12.1 Å². The molecule has 1 atom stereocenters. The average Bonchev–Trinajstić information content (AvgIpc) is 2.69. The maximum absolute atomic E-state index is 12.9. The number of halogens is 3. The number of pyridine rings is 1. The fourth-order valence-electron chi connectivity index (χ4n) is 3.07. The van der Waals surface area contributed by atoms with Crippen molar-refractivity contribution in [3.05, 3.63) is 58.5 Å². The number of hydrogen-bond donors (Lipinski definition) is 1. The van der Waals surface area contributed by atoms with Gasteiger partial charge in [0.15, 0.2) is 0 Å². The first-order chi connectivity index (χ1) is 12.7. The Balaban J connectivity index is 1.97. The number of benzene rings is 1. The minimum atomic E-state index is -4.80. The fourth-order valence-corrected chi connectivity index (χ4v) is 3.07. The van der Waals surface area contributed by atoms with Crippen molar-refractivity contribution in [1.29, 1.82) is 0 Å². The summed E-state index contributed by atoms with van der Waals surface area (Å²) < 4.78 is 39.5. The molecule has 1 aliphatic rings. The van der Waals surface area contributed by atoms with Gasteiger partial charge in [0.2, 0.25) is 11.8 Å². The van der Waals surface area contributed by atoms with E-state index in [1.807, 2.05) is 0 Å². The lowest BCUT2D eigenvalue weighted by atomic mass is 10.1. The molecule has 0 aliphatic carbocycles. The number of amides is 2. The number of rotatable bonds is 2. The summed E-state index contributed by atoms with van der Waals surface area (Å²) in [5.41, 5.74) is -1.76. The molecule has 9 heteroatoms. The molecule has 6 nitrogen and oxygen atoms in total. The second kappa shape index (κ2) is 6.90. The van der Waals surface area contributed by atoms with Gasteiger partial charge in [-0.1, -0.05) is 12.1 Å². The number of para-hydroxylation sites is 2. The first kappa shape index (κ1) is 18.7. The van der Waals surface area contributed by atoms with Gasteiger partial charge in [-0.3, -0.25) is 14.4 Å². The molecule has 0 radical (unpaired) electrons. The summed E-state index contributed by atoms with van der Waals surface area (Å²) in [6, 6.07) is 7.85. The molecule has 1 unspecified atom stereocenters. The highest BCUT2D eigenvalue weighted by Gasteiger charge is 2.35. The van der Waals surface area contributed by atoms with E-state index in [2.05, 4.69) is 5.32 Å². The van der Waals surface area contributed by atoms with Gasteiger partial charge in [0.05, 0.1) is 11.4 Å². The van der Waals surface area contributed by atoms with Crippen molar-refractivity contribution in [2.75, 3.05) is 10.2 Å². The lowest BCUT2D eigenvalue weighted by Crippen LogP contribution is -2.42. The summed E-state index contributed by atoms with van der Waals surface area (Å²) >= 11 is 0. The number of fused-ring (bicyclic) bond motifs is 1. The number of anilines is 2. The number of carbonyl (C=O) groups is 2. The monoisotopic (exact) mass is 379 g/mol. The zero-order chi connectivity index (χ0) is 19.8. The van der Waals surface area contributed by atoms with E-state index in [0.29, 0.717) is 17.4 Å². The van der Waals surface area contributed by atoms with Crippen LogP contribution in [0.5, 0.6) is 0 Å². The molecule has 3 rings (SSSR count).